The third-order valence-electron chi connectivity index (χ3n) is 2.07. The van der Waals surface area contributed by atoms with Crippen LogP contribution in [0.5, 0.6) is 0 Å². The highest BCUT2D eigenvalue weighted by Gasteiger charge is 2.04. The van der Waals surface area contributed by atoms with Gasteiger partial charge in [-0.25, -0.2) is 4.98 Å². The molecule has 0 spiro atoms. The molecular weight excluding hydrogens is 162 g/mol. The first kappa shape index (κ1) is 8.10. The Bertz CT molecular complexity index is 417. The first-order chi connectivity index (χ1) is 6.33. The minimum absolute atomic E-state index is 0.896. The van der Waals surface area contributed by atoms with Crippen LogP contribution in [0, 0.1) is 6.92 Å². The zero-order chi connectivity index (χ0) is 9.26. The van der Waals surface area contributed by atoms with E-state index in [1.807, 2.05) is 25.3 Å². The number of nitrogens with zero attached hydrogens (tertiary/aromatic N) is 2. The lowest BCUT2D eigenvalue weighted by Gasteiger charge is -2.00. The van der Waals surface area contributed by atoms with E-state index in [9.17, 15) is 0 Å². The molecule has 0 amide bonds. The molecule has 2 rings (SSSR count). The van der Waals surface area contributed by atoms with Crippen LogP contribution >= 0.6 is 0 Å². The molecule has 0 radical (unpaired) electrons. The van der Waals surface area contributed by atoms with Gasteiger partial charge in [-0.1, -0.05) is 6.07 Å². The number of anilines is 1. The molecule has 68 valence electrons. The van der Waals surface area contributed by atoms with Crippen LogP contribution in [0.1, 0.15) is 12.6 Å². The smallest absolute Gasteiger partial charge is 0.207 e. The second-order valence-corrected chi connectivity index (χ2v) is 3.01. The third-order valence-corrected chi connectivity index (χ3v) is 2.07. The van der Waals surface area contributed by atoms with E-state index in [2.05, 4.69) is 27.7 Å². The molecule has 0 saturated carbocycles. The maximum absolute atomic E-state index is 4.43. The molecule has 1 N–H and O–H groups in total. The number of hydrogen-bond acceptors (Lipinski definition) is 2. The number of imidazole rings is 1. The fourth-order valence-electron chi connectivity index (χ4n) is 1.48. The summed E-state index contributed by atoms with van der Waals surface area (Å²) in [7, 11) is 0. The first-order valence-corrected chi connectivity index (χ1v) is 4.50. The number of aryl methyl sites for hydroxylation is 1. The van der Waals surface area contributed by atoms with E-state index in [0.29, 0.717) is 0 Å². The molecule has 0 aliphatic rings. The molecule has 3 heteroatoms. The standard InChI is InChI=1S/C10H13N3/c1-3-11-10-12-8(2)9-6-4-5-7-13(9)10/h4-7H,3H2,1-2H3,(H,11,12). The summed E-state index contributed by atoms with van der Waals surface area (Å²) >= 11 is 0. The van der Waals surface area contributed by atoms with Gasteiger partial charge in [-0.15, -0.1) is 0 Å². The Labute approximate surface area is 77.4 Å². The number of aromatic nitrogens is 2. The summed E-state index contributed by atoms with van der Waals surface area (Å²) in [6, 6.07) is 6.11. The molecule has 0 aliphatic heterocycles. The Morgan fingerprint density at radius 2 is 2.31 bits per heavy atom. The molecule has 0 unspecified atom stereocenters. The summed E-state index contributed by atoms with van der Waals surface area (Å²) in [5.41, 5.74) is 2.23. The zero-order valence-electron chi connectivity index (χ0n) is 7.91. The molecule has 0 aromatic carbocycles. The van der Waals surface area contributed by atoms with E-state index in [1.165, 1.54) is 5.52 Å². The third kappa shape index (κ3) is 1.26. The van der Waals surface area contributed by atoms with Gasteiger partial charge in [0.15, 0.2) is 0 Å². The zero-order valence-corrected chi connectivity index (χ0v) is 7.91. The van der Waals surface area contributed by atoms with Gasteiger partial charge >= 0.3 is 0 Å². The topological polar surface area (TPSA) is 29.3 Å². The second kappa shape index (κ2) is 3.09. The fourth-order valence-corrected chi connectivity index (χ4v) is 1.48. The number of rotatable bonds is 2. The van der Waals surface area contributed by atoms with Gasteiger partial charge in [-0.3, -0.25) is 4.40 Å². The summed E-state index contributed by atoms with van der Waals surface area (Å²) in [6.07, 6.45) is 2.02. The van der Waals surface area contributed by atoms with Crippen molar-refractivity contribution in [2.75, 3.05) is 11.9 Å². The van der Waals surface area contributed by atoms with Crippen LogP contribution in [-0.4, -0.2) is 15.9 Å². The van der Waals surface area contributed by atoms with Gasteiger partial charge < -0.3 is 5.32 Å². The van der Waals surface area contributed by atoms with Crippen molar-refractivity contribution in [2.45, 2.75) is 13.8 Å². The molecule has 13 heavy (non-hydrogen) atoms. The Morgan fingerprint density at radius 3 is 3.08 bits per heavy atom. The SMILES string of the molecule is CCNc1nc(C)c2ccccn12. The van der Waals surface area contributed by atoms with Crippen LogP contribution in [0.3, 0.4) is 0 Å². The fraction of sp³-hybridized carbons (Fsp3) is 0.300. The minimum Gasteiger partial charge on any atom is -0.356 e. The Balaban J connectivity index is 2.63. The number of nitrogens with one attached hydrogen (secondary N) is 1. The average Bonchev–Trinajstić information content (AvgIpc) is 2.46. The van der Waals surface area contributed by atoms with E-state index in [0.717, 1.165) is 18.2 Å². The highest BCUT2D eigenvalue weighted by molar-refractivity contribution is 5.57. The molecule has 0 aliphatic carbocycles. The van der Waals surface area contributed by atoms with E-state index in [1.54, 1.807) is 0 Å². The largest absolute Gasteiger partial charge is 0.356 e. The molecule has 2 aromatic rings. The molecule has 0 saturated heterocycles. The lowest BCUT2D eigenvalue weighted by molar-refractivity contribution is 1.07. The van der Waals surface area contributed by atoms with Gasteiger partial charge in [0.2, 0.25) is 5.95 Å². The van der Waals surface area contributed by atoms with Crippen molar-refractivity contribution in [3.05, 3.63) is 30.1 Å². The molecular formula is C10H13N3. The van der Waals surface area contributed by atoms with Gasteiger partial charge in [0, 0.05) is 12.7 Å². The minimum atomic E-state index is 0.896. The summed E-state index contributed by atoms with van der Waals surface area (Å²) in [5.74, 6) is 0.926. The van der Waals surface area contributed by atoms with Gasteiger partial charge in [0.1, 0.15) is 0 Å². The number of hydrogen-bond donors (Lipinski definition) is 1. The van der Waals surface area contributed by atoms with Gasteiger partial charge in [-0.2, -0.15) is 0 Å². The Hall–Kier alpha value is -1.51. The van der Waals surface area contributed by atoms with Crippen molar-refractivity contribution < 1.29 is 0 Å². The molecule has 0 atom stereocenters. The number of pyridine rings is 1. The molecule has 0 fully saturated rings. The van der Waals surface area contributed by atoms with Gasteiger partial charge in [0.05, 0.1) is 11.2 Å². The summed E-state index contributed by atoms with van der Waals surface area (Å²) < 4.78 is 2.07. The van der Waals surface area contributed by atoms with Gasteiger partial charge in [-0.05, 0) is 26.0 Å². The van der Waals surface area contributed by atoms with E-state index in [4.69, 9.17) is 0 Å². The van der Waals surface area contributed by atoms with Crippen molar-refractivity contribution in [1.82, 2.24) is 9.38 Å². The van der Waals surface area contributed by atoms with Crippen LogP contribution in [0.2, 0.25) is 0 Å². The van der Waals surface area contributed by atoms with Crippen molar-refractivity contribution in [3.63, 3.8) is 0 Å². The molecule has 3 nitrogen and oxygen atoms in total. The van der Waals surface area contributed by atoms with Gasteiger partial charge in [0.25, 0.3) is 0 Å². The second-order valence-electron chi connectivity index (χ2n) is 3.01. The van der Waals surface area contributed by atoms with Crippen LogP contribution in [0.25, 0.3) is 5.52 Å². The number of fused-ring (bicyclic) bond motifs is 1. The lowest BCUT2D eigenvalue weighted by atomic mass is 10.3. The summed E-state index contributed by atoms with van der Waals surface area (Å²) in [4.78, 5) is 4.43. The van der Waals surface area contributed by atoms with Crippen LogP contribution < -0.4 is 5.32 Å². The van der Waals surface area contributed by atoms with E-state index < -0.39 is 0 Å². The molecule has 0 bridgehead atoms. The maximum atomic E-state index is 4.43. The van der Waals surface area contributed by atoms with E-state index >= 15 is 0 Å². The average molecular weight is 175 g/mol. The highest BCUT2D eigenvalue weighted by Crippen LogP contribution is 2.14. The summed E-state index contributed by atoms with van der Waals surface area (Å²) in [5, 5.41) is 3.22. The Kier molecular flexibility index (Phi) is 1.93. The van der Waals surface area contributed by atoms with Crippen molar-refractivity contribution in [2.24, 2.45) is 0 Å². The Morgan fingerprint density at radius 1 is 1.46 bits per heavy atom. The lowest BCUT2D eigenvalue weighted by Crippen LogP contribution is -2.00. The van der Waals surface area contributed by atoms with Crippen LogP contribution in [0.4, 0.5) is 5.95 Å². The quantitative estimate of drug-likeness (QED) is 0.757. The predicted octanol–water partition coefficient (Wildman–Crippen LogP) is 2.07. The van der Waals surface area contributed by atoms with Crippen LogP contribution in [-0.2, 0) is 0 Å². The van der Waals surface area contributed by atoms with Crippen molar-refractivity contribution in [1.29, 1.82) is 0 Å². The maximum Gasteiger partial charge on any atom is 0.207 e. The molecule has 2 heterocycles. The predicted molar refractivity (Wildman–Crippen MR) is 54.1 cm³/mol. The summed E-state index contributed by atoms with van der Waals surface area (Å²) in [6.45, 7) is 4.99. The monoisotopic (exact) mass is 175 g/mol. The van der Waals surface area contributed by atoms with Crippen LogP contribution in [0.15, 0.2) is 24.4 Å². The first-order valence-electron chi connectivity index (χ1n) is 4.50. The van der Waals surface area contributed by atoms with Crippen molar-refractivity contribution in [3.8, 4) is 0 Å². The highest BCUT2D eigenvalue weighted by atomic mass is 15.2. The molecule has 2 aromatic heterocycles. The van der Waals surface area contributed by atoms with Crippen molar-refractivity contribution >= 4 is 11.5 Å². The normalized spacial score (nSPS) is 10.6. The van der Waals surface area contributed by atoms with E-state index in [-0.39, 0.29) is 0 Å².